The number of para-hydroxylation sites is 1. The van der Waals surface area contributed by atoms with Crippen molar-refractivity contribution in [1.29, 1.82) is 0 Å². The van der Waals surface area contributed by atoms with Gasteiger partial charge in [0.2, 0.25) is 0 Å². The molecule has 330 valence electrons. The van der Waals surface area contributed by atoms with Gasteiger partial charge in [-0.2, -0.15) is 0 Å². The molecular weight excluding hydrogens is 888 g/mol. The Labute approximate surface area is 414 Å². The molecule has 5 heterocycles. The van der Waals surface area contributed by atoms with Gasteiger partial charge >= 0.3 is 6.85 Å². The largest absolute Gasteiger partial charge is 0.455 e. The number of thiophene rings is 2. The summed E-state index contributed by atoms with van der Waals surface area (Å²) in [6, 6.07) is 76.8. The normalized spacial score (nSPS) is 13.3. The lowest BCUT2D eigenvalue weighted by Gasteiger charge is -2.45. The highest BCUT2D eigenvalue weighted by Crippen LogP contribution is 2.56. The maximum Gasteiger partial charge on any atom is 0.343 e. The lowest BCUT2D eigenvalue weighted by atomic mass is 9.46. The van der Waals surface area contributed by atoms with E-state index >= 15 is 0 Å². The highest BCUT2D eigenvalue weighted by Gasteiger charge is 2.49. The fourth-order valence-electron chi connectivity index (χ4n) is 11.7. The van der Waals surface area contributed by atoms with Gasteiger partial charge in [0.1, 0.15) is 11.2 Å². The molecule has 0 N–H and O–H groups in total. The second-order valence-corrected chi connectivity index (χ2v) is 22.1. The van der Waals surface area contributed by atoms with Crippen LogP contribution in [0.15, 0.2) is 211 Å². The summed E-state index contributed by atoms with van der Waals surface area (Å²) in [6.07, 6.45) is 0. The van der Waals surface area contributed by atoms with Crippen LogP contribution in [-0.4, -0.2) is 6.85 Å². The average Bonchev–Trinajstić information content (AvgIpc) is 4.10. The van der Waals surface area contributed by atoms with Gasteiger partial charge in [-0.15, -0.1) is 22.7 Å². The van der Waals surface area contributed by atoms with E-state index in [9.17, 15) is 0 Å². The minimum atomic E-state index is -0.194. The molecule has 70 heavy (non-hydrogen) atoms. The Morgan fingerprint density at radius 1 is 0.471 bits per heavy atom. The van der Waals surface area contributed by atoms with Crippen LogP contribution in [-0.2, 0) is 5.41 Å². The topological polar surface area (TPSA) is 19.6 Å². The smallest absolute Gasteiger partial charge is 0.343 e. The van der Waals surface area contributed by atoms with Crippen molar-refractivity contribution in [3.63, 3.8) is 0 Å². The van der Waals surface area contributed by atoms with Crippen molar-refractivity contribution in [1.82, 2.24) is 0 Å². The number of fused-ring (bicyclic) bond motifs is 15. The maximum absolute atomic E-state index is 7.23. The zero-order valence-electron chi connectivity index (χ0n) is 38.8. The first-order valence-electron chi connectivity index (χ1n) is 24.2. The van der Waals surface area contributed by atoms with E-state index in [1.54, 1.807) is 0 Å². The summed E-state index contributed by atoms with van der Waals surface area (Å²) in [6.45, 7) is 6.76. The third-order valence-corrected chi connectivity index (χ3v) is 17.4. The van der Waals surface area contributed by atoms with E-state index < -0.39 is 0 Å². The summed E-state index contributed by atoms with van der Waals surface area (Å²) in [7, 11) is 0. The molecular formula is C64H43BN2OS2. The third-order valence-electron chi connectivity index (χ3n) is 15.0. The van der Waals surface area contributed by atoms with Gasteiger partial charge in [0.15, 0.2) is 0 Å². The summed E-state index contributed by atoms with van der Waals surface area (Å²) in [4.78, 5) is 5.32. The van der Waals surface area contributed by atoms with E-state index in [4.69, 9.17) is 4.42 Å². The molecule has 0 saturated carbocycles. The van der Waals surface area contributed by atoms with E-state index in [2.05, 4.69) is 237 Å². The Hall–Kier alpha value is -7.90. The summed E-state index contributed by atoms with van der Waals surface area (Å²) in [5.41, 5.74) is 17.4. The predicted octanol–water partition coefficient (Wildman–Crippen LogP) is 17.7. The zero-order chi connectivity index (χ0) is 46.4. The van der Waals surface area contributed by atoms with E-state index in [1.165, 1.54) is 107 Å². The van der Waals surface area contributed by atoms with Crippen LogP contribution in [0.3, 0.4) is 0 Å². The van der Waals surface area contributed by atoms with E-state index in [0.717, 1.165) is 33.3 Å². The molecule has 0 aliphatic carbocycles. The van der Waals surface area contributed by atoms with Gasteiger partial charge in [-0.3, -0.25) is 0 Å². The number of furan rings is 1. The Morgan fingerprint density at radius 3 is 1.97 bits per heavy atom. The summed E-state index contributed by atoms with van der Waals surface area (Å²) in [5.74, 6) is 0. The van der Waals surface area contributed by atoms with Crippen molar-refractivity contribution in [2.45, 2.75) is 26.2 Å². The molecule has 0 atom stereocenters. The Morgan fingerprint density at radius 2 is 1.17 bits per heavy atom. The van der Waals surface area contributed by atoms with E-state index in [1.807, 2.05) is 22.7 Å². The molecule has 0 fully saturated rings. The number of hydrogen-bond acceptors (Lipinski definition) is 5. The summed E-state index contributed by atoms with van der Waals surface area (Å²) >= 11 is 3.84. The van der Waals surface area contributed by atoms with Gasteiger partial charge in [-0.1, -0.05) is 172 Å². The molecule has 0 saturated heterocycles. The molecule has 2 aliphatic heterocycles. The van der Waals surface area contributed by atoms with Crippen LogP contribution >= 0.6 is 22.7 Å². The monoisotopic (exact) mass is 930 g/mol. The minimum Gasteiger partial charge on any atom is -0.455 e. The van der Waals surface area contributed by atoms with Crippen molar-refractivity contribution >= 4 is 131 Å². The van der Waals surface area contributed by atoms with Crippen molar-refractivity contribution < 1.29 is 4.42 Å². The number of benzene rings is 10. The highest BCUT2D eigenvalue weighted by molar-refractivity contribution is 7.33. The van der Waals surface area contributed by atoms with Crippen LogP contribution in [0.25, 0.3) is 96.4 Å². The molecule has 10 aromatic carbocycles. The van der Waals surface area contributed by atoms with Crippen LogP contribution in [0.4, 0.5) is 28.4 Å². The Bertz CT molecular complexity index is 4290. The zero-order valence-corrected chi connectivity index (χ0v) is 40.5. The molecule has 6 heteroatoms. The summed E-state index contributed by atoms with van der Waals surface area (Å²) in [5, 5.41) is 8.57. The second kappa shape index (κ2) is 14.8. The van der Waals surface area contributed by atoms with Crippen molar-refractivity contribution in [3.05, 3.63) is 212 Å². The molecule has 0 spiro atoms. The van der Waals surface area contributed by atoms with Crippen LogP contribution in [0, 0.1) is 0 Å². The second-order valence-electron chi connectivity index (χ2n) is 20.0. The van der Waals surface area contributed by atoms with Crippen molar-refractivity contribution in [3.8, 4) is 33.4 Å². The highest BCUT2D eigenvalue weighted by atomic mass is 32.1. The first kappa shape index (κ1) is 40.0. The molecule has 13 aromatic rings. The van der Waals surface area contributed by atoms with Gasteiger partial charge in [-0.25, -0.2) is 0 Å². The first-order valence-corrected chi connectivity index (χ1v) is 25.8. The molecule has 0 radical (unpaired) electrons. The third kappa shape index (κ3) is 5.75. The minimum absolute atomic E-state index is 0.0561. The fraction of sp³-hybridized carbons (Fsp3) is 0.0625. The number of nitrogens with zero attached hydrogens (tertiary/aromatic N) is 2. The number of rotatable bonds is 4. The van der Waals surface area contributed by atoms with Gasteiger partial charge < -0.3 is 14.1 Å². The Kier molecular flexibility index (Phi) is 8.47. The maximum atomic E-state index is 7.23. The first-order chi connectivity index (χ1) is 34.4. The molecule has 0 bridgehead atoms. The quantitative estimate of drug-likeness (QED) is 0.164. The van der Waals surface area contributed by atoms with Gasteiger partial charge in [0.25, 0.3) is 0 Å². The van der Waals surface area contributed by atoms with Crippen molar-refractivity contribution in [2.75, 3.05) is 9.71 Å². The lowest BCUT2D eigenvalue weighted by molar-refractivity contribution is 0.590. The van der Waals surface area contributed by atoms with Gasteiger partial charge in [-0.05, 0) is 98.5 Å². The fourth-order valence-corrected chi connectivity index (χ4v) is 14.2. The van der Waals surface area contributed by atoms with E-state index in [-0.39, 0.29) is 12.3 Å². The van der Waals surface area contributed by atoms with Crippen LogP contribution in [0.1, 0.15) is 26.3 Å². The number of hydrogen-bond donors (Lipinski definition) is 0. The molecule has 3 aromatic heterocycles. The average molecular weight is 931 g/mol. The molecule has 0 unspecified atom stereocenters. The Balaban J connectivity index is 1.13. The molecule has 15 rings (SSSR count). The molecule has 0 amide bonds. The van der Waals surface area contributed by atoms with Crippen LogP contribution < -0.4 is 20.0 Å². The van der Waals surface area contributed by atoms with Gasteiger partial charge in [0, 0.05) is 79.6 Å². The standard InChI is InChI=1S/C64H43BN2OS2/c1-64(2,3)42-29-33-52(48(34-42)40-18-8-5-9-19-40)66-54-36-50-45-22-12-14-24-55(45)68-61(50)58-51-35-49-46-23-13-15-25-56(46)69-57(49)37-53(51)67(43-30-26-39(27-31-43)38-16-6-4-7-17-38)65(59(54)58)63-60(66)47-32-28-41-20-10-11-21-44(41)62(47)70-63/h4-37H,1-3H3. The predicted molar refractivity (Wildman–Crippen MR) is 303 cm³/mol. The summed E-state index contributed by atoms with van der Waals surface area (Å²) < 4.78 is 12.4. The van der Waals surface area contributed by atoms with Crippen molar-refractivity contribution in [2.24, 2.45) is 0 Å². The molecule has 3 nitrogen and oxygen atoms in total. The molecule has 2 aliphatic rings. The lowest BCUT2D eigenvalue weighted by Crippen LogP contribution is -2.60. The van der Waals surface area contributed by atoms with Gasteiger partial charge in [0.05, 0.1) is 11.4 Å². The van der Waals surface area contributed by atoms with E-state index in [0.29, 0.717) is 0 Å². The number of anilines is 5. The SMILES string of the molecule is CC(C)(C)c1ccc(N2c3cc4c(oc5ccccc54)c4c3B(c3sc5c(ccc6ccccc65)c32)N(c2ccc(-c3ccccc3)cc2)c2cc3sc5ccccc5c3cc2-4)c(-c2ccccc2)c1. The van der Waals surface area contributed by atoms with Crippen LogP contribution in [0.2, 0.25) is 0 Å². The van der Waals surface area contributed by atoms with Crippen LogP contribution in [0.5, 0.6) is 0 Å².